The van der Waals surface area contributed by atoms with Crippen LogP contribution in [-0.4, -0.2) is 53.8 Å². The number of ketones is 1. The van der Waals surface area contributed by atoms with Gasteiger partial charge in [0.15, 0.2) is 0 Å². The summed E-state index contributed by atoms with van der Waals surface area (Å²) in [6, 6.07) is 21.1. The predicted octanol–water partition coefficient (Wildman–Crippen LogP) is 5.21. The van der Waals surface area contributed by atoms with Gasteiger partial charge < -0.3 is 19.6 Å². The molecule has 7 heteroatoms. The van der Waals surface area contributed by atoms with Crippen LogP contribution in [0.3, 0.4) is 0 Å². The summed E-state index contributed by atoms with van der Waals surface area (Å²) in [6.45, 7) is 3.37. The first-order valence-electron chi connectivity index (χ1n) is 11.7. The SMILES string of the molecule is Cc1ccccc1COc1ccc(C(O)=C2C(=O)C(=O)N(CCN(C)C)C2c2ccc(Cl)cc2)cc1. The molecule has 0 radical (unpaired) electrons. The molecule has 3 aromatic rings. The van der Waals surface area contributed by atoms with Gasteiger partial charge in [-0.3, -0.25) is 9.59 Å². The molecule has 1 saturated heterocycles. The average Bonchev–Trinajstić information content (AvgIpc) is 3.12. The zero-order valence-corrected chi connectivity index (χ0v) is 21.3. The van der Waals surface area contributed by atoms with Crippen molar-refractivity contribution in [2.24, 2.45) is 0 Å². The standard InChI is InChI=1S/C29H29ClN2O4/c1-19-6-4-5-7-22(19)18-36-24-14-10-21(11-15-24)27(33)25-26(20-8-12-23(30)13-9-20)32(17-16-31(2)3)29(35)28(25)34/h4-15,26,33H,16-18H2,1-3H3. The molecule has 4 rings (SSSR count). The fourth-order valence-electron chi connectivity index (χ4n) is 4.21. The Hall–Kier alpha value is -3.61. The molecule has 3 aromatic carbocycles. The number of Topliss-reactive ketones (excluding diaryl/α,β-unsaturated/α-hetero) is 1. The number of carbonyl (C=O) groups is 2. The third kappa shape index (κ3) is 5.45. The van der Waals surface area contributed by atoms with Crippen molar-refractivity contribution >= 4 is 29.1 Å². The van der Waals surface area contributed by atoms with E-state index < -0.39 is 17.7 Å². The zero-order chi connectivity index (χ0) is 25.8. The second kappa shape index (κ2) is 11.0. The van der Waals surface area contributed by atoms with Gasteiger partial charge in [0.05, 0.1) is 11.6 Å². The molecule has 0 aromatic heterocycles. The highest BCUT2D eigenvalue weighted by molar-refractivity contribution is 6.46. The molecule has 1 aliphatic rings. The second-order valence-corrected chi connectivity index (χ2v) is 9.52. The maximum atomic E-state index is 13.1. The molecule has 6 nitrogen and oxygen atoms in total. The Kier molecular flexibility index (Phi) is 7.77. The third-order valence-electron chi connectivity index (χ3n) is 6.30. The molecule has 0 saturated carbocycles. The van der Waals surface area contributed by atoms with Gasteiger partial charge in [0.2, 0.25) is 0 Å². The molecule has 0 aliphatic carbocycles. The van der Waals surface area contributed by atoms with Crippen LogP contribution in [0.5, 0.6) is 5.75 Å². The first kappa shape index (κ1) is 25.5. The molecule has 1 N–H and O–H groups in total. The number of hydrogen-bond donors (Lipinski definition) is 1. The Morgan fingerprint density at radius 2 is 1.67 bits per heavy atom. The van der Waals surface area contributed by atoms with Crippen molar-refractivity contribution in [1.29, 1.82) is 0 Å². The van der Waals surface area contributed by atoms with Gasteiger partial charge in [-0.15, -0.1) is 0 Å². The maximum Gasteiger partial charge on any atom is 0.295 e. The van der Waals surface area contributed by atoms with E-state index >= 15 is 0 Å². The van der Waals surface area contributed by atoms with E-state index in [0.29, 0.717) is 41.6 Å². The number of likely N-dealkylation sites (N-methyl/N-ethyl adjacent to an activating group) is 1. The normalized spacial score (nSPS) is 17.1. The fraction of sp³-hybridized carbons (Fsp3) is 0.241. The topological polar surface area (TPSA) is 70.1 Å². The van der Waals surface area contributed by atoms with E-state index in [2.05, 4.69) is 0 Å². The first-order chi connectivity index (χ1) is 17.3. The molecule has 1 amide bonds. The van der Waals surface area contributed by atoms with Crippen LogP contribution < -0.4 is 4.74 Å². The minimum absolute atomic E-state index is 0.0645. The number of aliphatic hydroxyl groups excluding tert-OH is 1. The smallest absolute Gasteiger partial charge is 0.295 e. The van der Waals surface area contributed by atoms with Crippen LogP contribution in [0.4, 0.5) is 0 Å². The molecule has 1 aliphatic heterocycles. The third-order valence-corrected chi connectivity index (χ3v) is 6.55. The lowest BCUT2D eigenvalue weighted by Crippen LogP contribution is -2.35. The van der Waals surface area contributed by atoms with Crippen LogP contribution in [0.25, 0.3) is 5.76 Å². The highest BCUT2D eigenvalue weighted by Gasteiger charge is 2.45. The van der Waals surface area contributed by atoms with Crippen LogP contribution in [0.1, 0.15) is 28.3 Å². The quantitative estimate of drug-likeness (QED) is 0.259. The van der Waals surface area contributed by atoms with Gasteiger partial charge in [-0.25, -0.2) is 0 Å². The molecule has 186 valence electrons. The maximum absolute atomic E-state index is 13.1. The lowest BCUT2D eigenvalue weighted by Gasteiger charge is -2.26. The van der Waals surface area contributed by atoms with Crippen LogP contribution in [0.2, 0.25) is 5.02 Å². The Labute approximate surface area is 216 Å². The Balaban J connectivity index is 1.64. The minimum Gasteiger partial charge on any atom is -0.507 e. The van der Waals surface area contributed by atoms with Crippen molar-refractivity contribution in [1.82, 2.24) is 9.80 Å². The van der Waals surface area contributed by atoms with E-state index in [1.54, 1.807) is 48.5 Å². The second-order valence-electron chi connectivity index (χ2n) is 9.09. The number of amides is 1. The van der Waals surface area contributed by atoms with Gasteiger partial charge in [0, 0.05) is 23.7 Å². The van der Waals surface area contributed by atoms with E-state index in [4.69, 9.17) is 16.3 Å². The number of hydrogen-bond acceptors (Lipinski definition) is 5. The molecule has 1 unspecified atom stereocenters. The van der Waals surface area contributed by atoms with E-state index in [1.165, 1.54) is 4.90 Å². The van der Waals surface area contributed by atoms with Gasteiger partial charge in [0.25, 0.3) is 11.7 Å². The van der Waals surface area contributed by atoms with Gasteiger partial charge in [-0.1, -0.05) is 48.0 Å². The number of carbonyl (C=O) groups excluding carboxylic acids is 2. The first-order valence-corrected chi connectivity index (χ1v) is 12.1. The van der Waals surface area contributed by atoms with E-state index in [-0.39, 0.29) is 11.3 Å². The van der Waals surface area contributed by atoms with Crippen molar-refractivity contribution in [3.8, 4) is 5.75 Å². The highest BCUT2D eigenvalue weighted by Crippen LogP contribution is 2.39. The van der Waals surface area contributed by atoms with Gasteiger partial charge in [-0.2, -0.15) is 0 Å². The number of ether oxygens (including phenoxy) is 1. The van der Waals surface area contributed by atoms with Crippen molar-refractivity contribution in [2.75, 3.05) is 27.2 Å². The van der Waals surface area contributed by atoms with Crippen molar-refractivity contribution in [2.45, 2.75) is 19.6 Å². The van der Waals surface area contributed by atoms with E-state index in [1.807, 2.05) is 50.2 Å². The summed E-state index contributed by atoms with van der Waals surface area (Å²) >= 11 is 6.07. The summed E-state index contributed by atoms with van der Waals surface area (Å²) in [4.78, 5) is 29.5. The number of likely N-dealkylation sites (tertiary alicyclic amines) is 1. The monoisotopic (exact) mass is 504 g/mol. The summed E-state index contributed by atoms with van der Waals surface area (Å²) in [5.41, 5.74) is 3.44. The summed E-state index contributed by atoms with van der Waals surface area (Å²) in [5.74, 6) is -0.913. The van der Waals surface area contributed by atoms with Crippen LogP contribution in [-0.2, 0) is 16.2 Å². The summed E-state index contributed by atoms with van der Waals surface area (Å²) in [7, 11) is 3.80. The van der Waals surface area contributed by atoms with Crippen molar-refractivity contribution in [3.63, 3.8) is 0 Å². The number of halogens is 1. The fourth-order valence-corrected chi connectivity index (χ4v) is 4.33. The number of aliphatic hydroxyl groups is 1. The summed E-state index contributed by atoms with van der Waals surface area (Å²) in [6.07, 6.45) is 0. The molecule has 36 heavy (non-hydrogen) atoms. The molecule has 1 fully saturated rings. The average molecular weight is 505 g/mol. The van der Waals surface area contributed by atoms with Crippen LogP contribution in [0, 0.1) is 6.92 Å². The number of nitrogens with zero attached hydrogens (tertiary/aromatic N) is 2. The van der Waals surface area contributed by atoms with Crippen LogP contribution in [0.15, 0.2) is 78.4 Å². The largest absolute Gasteiger partial charge is 0.507 e. The Morgan fingerprint density at radius 3 is 2.31 bits per heavy atom. The number of rotatable bonds is 8. The zero-order valence-electron chi connectivity index (χ0n) is 20.6. The lowest BCUT2D eigenvalue weighted by atomic mass is 9.95. The molecule has 0 spiro atoms. The van der Waals surface area contributed by atoms with Crippen LogP contribution >= 0.6 is 11.6 Å². The van der Waals surface area contributed by atoms with E-state index in [0.717, 1.165) is 11.1 Å². The van der Waals surface area contributed by atoms with Gasteiger partial charge in [-0.05, 0) is 74.1 Å². The number of aryl methyl sites for hydroxylation is 1. The predicted molar refractivity (Wildman–Crippen MR) is 141 cm³/mol. The van der Waals surface area contributed by atoms with Gasteiger partial charge in [0.1, 0.15) is 18.1 Å². The van der Waals surface area contributed by atoms with Crippen molar-refractivity contribution in [3.05, 3.63) is 106 Å². The molecular weight excluding hydrogens is 476 g/mol. The highest BCUT2D eigenvalue weighted by atomic mass is 35.5. The van der Waals surface area contributed by atoms with E-state index in [9.17, 15) is 14.7 Å². The summed E-state index contributed by atoms with van der Waals surface area (Å²) < 4.78 is 5.90. The number of benzene rings is 3. The lowest BCUT2D eigenvalue weighted by molar-refractivity contribution is -0.140. The van der Waals surface area contributed by atoms with Gasteiger partial charge >= 0.3 is 0 Å². The molecule has 0 bridgehead atoms. The molecule has 1 atom stereocenters. The minimum atomic E-state index is -0.709. The molecular formula is C29H29ClN2O4. The van der Waals surface area contributed by atoms with Crippen molar-refractivity contribution < 1.29 is 19.4 Å². The Bertz CT molecular complexity index is 1280. The Morgan fingerprint density at radius 1 is 1.00 bits per heavy atom. The molecule has 1 heterocycles. The summed E-state index contributed by atoms with van der Waals surface area (Å²) in [5, 5.41) is 11.8.